The van der Waals surface area contributed by atoms with Gasteiger partial charge in [0.15, 0.2) is 0 Å². The highest BCUT2D eigenvalue weighted by Gasteiger charge is 2.49. The molecule has 2 aliphatic heterocycles. The van der Waals surface area contributed by atoms with Crippen LogP contribution in [0.2, 0.25) is 0 Å². The summed E-state index contributed by atoms with van der Waals surface area (Å²) < 4.78 is 25.5. The van der Waals surface area contributed by atoms with Crippen molar-refractivity contribution < 1.29 is 28.6 Å². The molecule has 4 atom stereocenters. The zero-order chi connectivity index (χ0) is 24.4. The van der Waals surface area contributed by atoms with E-state index in [9.17, 15) is 19.1 Å². The third kappa shape index (κ3) is 5.28. The number of anilines is 1. The number of nitrogens with one attached hydrogen (secondary N) is 2. The average molecular weight is 485 g/mol. The normalized spacial score (nSPS) is 26.9. The monoisotopic (exact) mass is 484 g/mol. The van der Waals surface area contributed by atoms with Gasteiger partial charge in [0.25, 0.3) is 0 Å². The molecule has 10 heteroatoms. The van der Waals surface area contributed by atoms with Crippen molar-refractivity contribution in [2.75, 3.05) is 18.5 Å². The van der Waals surface area contributed by atoms with Gasteiger partial charge in [-0.05, 0) is 36.5 Å². The summed E-state index contributed by atoms with van der Waals surface area (Å²) in [5.41, 5.74) is 0.787. The molecule has 1 aromatic carbocycles. The quantitative estimate of drug-likeness (QED) is 0.523. The maximum atomic E-state index is 13.6. The number of rotatable bonds is 8. The Balaban J connectivity index is 1.19. The summed E-state index contributed by atoms with van der Waals surface area (Å²) >= 11 is 0. The number of aromatic nitrogens is 2. The van der Waals surface area contributed by atoms with Crippen LogP contribution in [0.3, 0.4) is 0 Å². The maximum absolute atomic E-state index is 13.6. The SMILES string of the molecule is O=C(O)CC1(CC(=O)N[C@H]2CO[C@H]3[C@H]2OC[C@H]3Nc2nccc(-c3cccc(F)c3)n2)CCCC1. The molecule has 1 saturated carbocycles. The van der Waals surface area contributed by atoms with Crippen LogP contribution < -0.4 is 10.6 Å². The molecule has 3 heterocycles. The van der Waals surface area contributed by atoms with Crippen LogP contribution in [0.25, 0.3) is 11.3 Å². The van der Waals surface area contributed by atoms with Gasteiger partial charge in [-0.1, -0.05) is 25.0 Å². The van der Waals surface area contributed by atoms with E-state index in [1.807, 2.05) is 0 Å². The summed E-state index contributed by atoms with van der Waals surface area (Å²) in [4.78, 5) is 32.9. The first-order chi connectivity index (χ1) is 16.9. The van der Waals surface area contributed by atoms with Crippen LogP contribution in [0.15, 0.2) is 36.5 Å². The molecule has 1 aromatic heterocycles. The Morgan fingerprint density at radius 3 is 2.57 bits per heavy atom. The van der Waals surface area contributed by atoms with Gasteiger partial charge in [0.2, 0.25) is 11.9 Å². The average Bonchev–Trinajstić information content (AvgIpc) is 3.53. The first-order valence-corrected chi connectivity index (χ1v) is 12.0. The molecule has 5 rings (SSSR count). The van der Waals surface area contributed by atoms with Gasteiger partial charge in [-0.2, -0.15) is 0 Å². The highest BCUT2D eigenvalue weighted by molar-refractivity contribution is 5.78. The zero-order valence-electron chi connectivity index (χ0n) is 19.3. The minimum atomic E-state index is -0.860. The van der Waals surface area contributed by atoms with Crippen LogP contribution in [0.1, 0.15) is 38.5 Å². The van der Waals surface area contributed by atoms with Gasteiger partial charge in [0.1, 0.15) is 18.0 Å². The Morgan fingerprint density at radius 2 is 1.83 bits per heavy atom. The van der Waals surface area contributed by atoms with Crippen molar-refractivity contribution in [3.05, 3.63) is 42.3 Å². The summed E-state index contributed by atoms with van der Waals surface area (Å²) in [6, 6.07) is 7.41. The van der Waals surface area contributed by atoms with Crippen molar-refractivity contribution in [2.24, 2.45) is 5.41 Å². The van der Waals surface area contributed by atoms with Crippen LogP contribution in [0.4, 0.5) is 10.3 Å². The van der Waals surface area contributed by atoms with Crippen molar-refractivity contribution >= 4 is 17.8 Å². The second-order valence-corrected chi connectivity index (χ2v) is 9.75. The second-order valence-electron chi connectivity index (χ2n) is 9.75. The number of carboxylic acid groups (broad SMARTS) is 1. The van der Waals surface area contributed by atoms with E-state index in [-0.39, 0.29) is 48.9 Å². The molecule has 186 valence electrons. The van der Waals surface area contributed by atoms with Crippen molar-refractivity contribution in [3.63, 3.8) is 0 Å². The van der Waals surface area contributed by atoms with Crippen LogP contribution in [0.5, 0.6) is 0 Å². The summed E-state index contributed by atoms with van der Waals surface area (Å²) in [6.07, 6.45) is 4.66. The summed E-state index contributed by atoms with van der Waals surface area (Å²) in [5.74, 6) is -0.972. The van der Waals surface area contributed by atoms with Crippen LogP contribution >= 0.6 is 0 Å². The lowest BCUT2D eigenvalue weighted by Gasteiger charge is -2.27. The van der Waals surface area contributed by atoms with E-state index in [4.69, 9.17) is 9.47 Å². The molecule has 3 aliphatic rings. The molecule has 2 saturated heterocycles. The maximum Gasteiger partial charge on any atom is 0.303 e. The number of carboxylic acids is 1. The lowest BCUT2D eigenvalue weighted by molar-refractivity contribution is -0.140. The van der Waals surface area contributed by atoms with Gasteiger partial charge < -0.3 is 25.2 Å². The molecule has 0 spiro atoms. The molecule has 0 radical (unpaired) electrons. The molecule has 1 aliphatic carbocycles. The number of ether oxygens (including phenoxy) is 2. The van der Waals surface area contributed by atoms with Crippen molar-refractivity contribution in [3.8, 4) is 11.3 Å². The van der Waals surface area contributed by atoms with Crippen LogP contribution in [-0.2, 0) is 19.1 Å². The molecule has 2 aromatic rings. The predicted octanol–water partition coefficient (Wildman–Crippen LogP) is 2.77. The lowest BCUT2D eigenvalue weighted by Crippen LogP contribution is -2.46. The number of aliphatic carboxylic acids is 1. The van der Waals surface area contributed by atoms with Crippen LogP contribution in [-0.4, -0.2) is 64.5 Å². The van der Waals surface area contributed by atoms with Crippen LogP contribution in [0, 0.1) is 11.2 Å². The molecular weight excluding hydrogens is 455 g/mol. The smallest absolute Gasteiger partial charge is 0.303 e. The van der Waals surface area contributed by atoms with Crippen molar-refractivity contribution in [2.45, 2.75) is 62.8 Å². The number of fused-ring (bicyclic) bond motifs is 1. The summed E-state index contributed by atoms with van der Waals surface area (Å²) in [5, 5.41) is 15.6. The van der Waals surface area contributed by atoms with Gasteiger partial charge >= 0.3 is 5.97 Å². The summed E-state index contributed by atoms with van der Waals surface area (Å²) in [6.45, 7) is 0.674. The number of carbonyl (C=O) groups excluding carboxylic acids is 1. The Morgan fingerprint density at radius 1 is 1.09 bits per heavy atom. The Hall–Kier alpha value is -3.11. The molecule has 0 unspecified atom stereocenters. The molecular formula is C25H29FN4O5. The fourth-order valence-corrected chi connectivity index (χ4v) is 5.61. The standard InChI is InChI=1S/C25H29FN4O5/c26-16-5-3-4-15(10-16)17-6-9-27-24(29-17)30-19-14-35-22-18(13-34-23(19)22)28-20(31)11-25(12-21(32)33)7-1-2-8-25/h3-6,9-10,18-19,22-23H,1-2,7-8,11-14H2,(H,28,31)(H,32,33)(H,27,29,30)/t18-,19+,22-,23+/m0/s1. The number of carbonyl (C=O) groups is 2. The number of hydrogen-bond acceptors (Lipinski definition) is 7. The molecule has 3 fully saturated rings. The number of hydrogen-bond donors (Lipinski definition) is 3. The number of nitrogens with zero attached hydrogens (tertiary/aromatic N) is 2. The molecule has 9 nitrogen and oxygen atoms in total. The van der Waals surface area contributed by atoms with E-state index in [1.54, 1.807) is 24.4 Å². The minimum Gasteiger partial charge on any atom is -0.481 e. The highest BCUT2D eigenvalue weighted by atomic mass is 19.1. The molecule has 35 heavy (non-hydrogen) atoms. The number of amides is 1. The van der Waals surface area contributed by atoms with Gasteiger partial charge in [-0.15, -0.1) is 0 Å². The van der Waals surface area contributed by atoms with Gasteiger partial charge in [0.05, 0.1) is 37.4 Å². The fraction of sp³-hybridized carbons (Fsp3) is 0.520. The Labute approximate surface area is 202 Å². The second kappa shape index (κ2) is 9.87. The van der Waals surface area contributed by atoms with Crippen molar-refractivity contribution in [1.82, 2.24) is 15.3 Å². The minimum absolute atomic E-state index is 0.0187. The third-order valence-electron chi connectivity index (χ3n) is 7.22. The number of benzene rings is 1. The Kier molecular flexibility index (Phi) is 6.66. The van der Waals surface area contributed by atoms with E-state index in [1.165, 1.54) is 12.1 Å². The zero-order valence-corrected chi connectivity index (χ0v) is 19.3. The largest absolute Gasteiger partial charge is 0.481 e. The molecule has 3 N–H and O–H groups in total. The van der Waals surface area contributed by atoms with E-state index in [0.29, 0.717) is 30.4 Å². The van der Waals surface area contributed by atoms with Gasteiger partial charge in [0, 0.05) is 18.2 Å². The van der Waals surface area contributed by atoms with E-state index >= 15 is 0 Å². The summed E-state index contributed by atoms with van der Waals surface area (Å²) in [7, 11) is 0. The molecule has 1 amide bonds. The van der Waals surface area contributed by atoms with E-state index in [2.05, 4.69) is 20.6 Å². The van der Waals surface area contributed by atoms with E-state index in [0.717, 1.165) is 25.7 Å². The first kappa shape index (κ1) is 23.6. The van der Waals surface area contributed by atoms with E-state index < -0.39 is 11.4 Å². The Bertz CT molecular complexity index is 1090. The van der Waals surface area contributed by atoms with Crippen molar-refractivity contribution in [1.29, 1.82) is 0 Å². The number of halogens is 1. The predicted molar refractivity (Wildman–Crippen MR) is 124 cm³/mol. The topological polar surface area (TPSA) is 123 Å². The lowest BCUT2D eigenvalue weighted by atomic mass is 9.79. The highest BCUT2D eigenvalue weighted by Crippen LogP contribution is 2.44. The first-order valence-electron chi connectivity index (χ1n) is 12.0. The fourth-order valence-electron chi connectivity index (χ4n) is 5.61. The van der Waals surface area contributed by atoms with Gasteiger partial charge in [-0.3, -0.25) is 9.59 Å². The third-order valence-corrected chi connectivity index (χ3v) is 7.22. The van der Waals surface area contributed by atoms with Gasteiger partial charge in [-0.25, -0.2) is 14.4 Å². The molecule has 0 bridgehead atoms.